The minimum absolute atomic E-state index is 1.05. The minimum atomic E-state index is 1.05. The number of thiophene rings is 2. The van der Waals surface area contributed by atoms with Crippen LogP contribution in [0.5, 0.6) is 0 Å². The Morgan fingerprint density at radius 2 is 1.76 bits per heavy atom. The van der Waals surface area contributed by atoms with Crippen LogP contribution in [0.1, 0.15) is 5.56 Å². The van der Waals surface area contributed by atoms with Crippen molar-refractivity contribution in [2.45, 2.75) is 6.92 Å². The van der Waals surface area contributed by atoms with Crippen molar-refractivity contribution in [3.8, 4) is 21.0 Å². The summed E-state index contributed by atoms with van der Waals surface area (Å²) in [6.07, 6.45) is 1.85. The Labute approximate surface area is 108 Å². The van der Waals surface area contributed by atoms with Gasteiger partial charge in [-0.25, -0.2) is 0 Å². The topological polar surface area (TPSA) is 12.9 Å². The van der Waals surface area contributed by atoms with Crippen LogP contribution in [-0.2, 0) is 0 Å². The molecular formula is C14H11NS2. The highest BCUT2D eigenvalue weighted by atomic mass is 32.1. The molecule has 3 aromatic rings. The second-order valence-electron chi connectivity index (χ2n) is 3.81. The Bertz CT molecular complexity index is 622. The van der Waals surface area contributed by atoms with Crippen LogP contribution in [0.25, 0.3) is 21.0 Å². The number of rotatable bonds is 2. The molecule has 84 valence electrons. The molecule has 0 aliphatic heterocycles. The molecule has 0 N–H and O–H groups in total. The molecule has 3 aromatic heterocycles. The van der Waals surface area contributed by atoms with Crippen LogP contribution in [0.3, 0.4) is 0 Å². The van der Waals surface area contributed by atoms with E-state index in [1.807, 2.05) is 18.3 Å². The summed E-state index contributed by atoms with van der Waals surface area (Å²) in [7, 11) is 0. The van der Waals surface area contributed by atoms with Gasteiger partial charge in [0.15, 0.2) is 0 Å². The molecule has 0 aromatic carbocycles. The van der Waals surface area contributed by atoms with Crippen molar-refractivity contribution < 1.29 is 0 Å². The summed E-state index contributed by atoms with van der Waals surface area (Å²) in [4.78, 5) is 7.12. The van der Waals surface area contributed by atoms with Crippen LogP contribution in [0, 0.1) is 6.92 Å². The molecule has 0 radical (unpaired) electrons. The van der Waals surface area contributed by atoms with E-state index < -0.39 is 0 Å². The average Bonchev–Trinajstić information content (AvgIpc) is 2.98. The number of aryl methyl sites for hydroxylation is 1. The van der Waals surface area contributed by atoms with E-state index in [4.69, 9.17) is 0 Å². The summed E-state index contributed by atoms with van der Waals surface area (Å²) < 4.78 is 0. The van der Waals surface area contributed by atoms with Crippen molar-refractivity contribution in [3.63, 3.8) is 0 Å². The van der Waals surface area contributed by atoms with Crippen LogP contribution < -0.4 is 0 Å². The van der Waals surface area contributed by atoms with E-state index in [1.165, 1.54) is 20.9 Å². The number of nitrogens with zero attached hydrogens (tertiary/aromatic N) is 1. The summed E-state index contributed by atoms with van der Waals surface area (Å²) >= 11 is 3.59. The summed E-state index contributed by atoms with van der Waals surface area (Å²) in [6.45, 7) is 2.16. The number of pyridine rings is 1. The molecule has 3 heterocycles. The van der Waals surface area contributed by atoms with E-state index in [-0.39, 0.29) is 0 Å². The molecule has 1 nitrogen and oxygen atoms in total. The molecule has 0 amide bonds. The second kappa shape index (κ2) is 4.43. The predicted molar refractivity (Wildman–Crippen MR) is 75.6 cm³/mol. The lowest BCUT2D eigenvalue weighted by Gasteiger charge is -2.02. The monoisotopic (exact) mass is 257 g/mol. The molecule has 17 heavy (non-hydrogen) atoms. The number of aromatic nitrogens is 1. The van der Waals surface area contributed by atoms with Gasteiger partial charge >= 0.3 is 0 Å². The molecule has 0 fully saturated rings. The van der Waals surface area contributed by atoms with E-state index in [9.17, 15) is 0 Å². The van der Waals surface area contributed by atoms with Crippen molar-refractivity contribution in [2.75, 3.05) is 0 Å². The predicted octanol–water partition coefficient (Wildman–Crippen LogP) is 4.85. The maximum Gasteiger partial charge on any atom is 0.0716 e. The van der Waals surface area contributed by atoms with E-state index >= 15 is 0 Å². The first-order valence-electron chi connectivity index (χ1n) is 5.39. The Morgan fingerprint density at radius 3 is 2.47 bits per heavy atom. The van der Waals surface area contributed by atoms with Crippen molar-refractivity contribution in [1.82, 2.24) is 4.98 Å². The van der Waals surface area contributed by atoms with E-state index in [0.717, 1.165) is 5.69 Å². The molecule has 0 aliphatic rings. The summed E-state index contributed by atoms with van der Waals surface area (Å²) in [5.41, 5.74) is 3.63. The average molecular weight is 257 g/mol. The van der Waals surface area contributed by atoms with Crippen molar-refractivity contribution >= 4 is 22.7 Å². The second-order valence-corrected chi connectivity index (χ2v) is 5.64. The molecule has 3 heteroatoms. The molecule has 0 bridgehead atoms. The van der Waals surface area contributed by atoms with Gasteiger partial charge in [0.2, 0.25) is 0 Å². The molecule has 0 spiro atoms. The first-order chi connectivity index (χ1) is 8.36. The lowest BCUT2D eigenvalue weighted by Crippen LogP contribution is -1.81. The van der Waals surface area contributed by atoms with Gasteiger partial charge in [-0.05, 0) is 47.5 Å². The van der Waals surface area contributed by atoms with Crippen molar-refractivity contribution in [1.29, 1.82) is 0 Å². The summed E-state index contributed by atoms with van der Waals surface area (Å²) in [5, 5.41) is 4.28. The Kier molecular flexibility index (Phi) is 2.79. The Balaban J connectivity index is 2.16. The van der Waals surface area contributed by atoms with Gasteiger partial charge in [-0.2, -0.15) is 0 Å². The maximum atomic E-state index is 4.43. The number of hydrogen-bond acceptors (Lipinski definition) is 3. The highest BCUT2D eigenvalue weighted by molar-refractivity contribution is 7.21. The summed E-state index contributed by atoms with van der Waals surface area (Å²) in [6, 6.07) is 10.4. The lowest BCUT2D eigenvalue weighted by atomic mass is 10.1. The lowest BCUT2D eigenvalue weighted by molar-refractivity contribution is 1.33. The third-order valence-electron chi connectivity index (χ3n) is 2.67. The summed E-state index contributed by atoms with van der Waals surface area (Å²) in [5.74, 6) is 0. The first kappa shape index (κ1) is 10.7. The SMILES string of the molecule is Cc1ccsc1-c1sccc1-c1ccccn1. The van der Waals surface area contributed by atoms with Crippen molar-refractivity contribution in [2.24, 2.45) is 0 Å². The fourth-order valence-corrected chi connectivity index (χ4v) is 3.89. The molecule has 0 aliphatic carbocycles. The quantitative estimate of drug-likeness (QED) is 0.639. The fraction of sp³-hybridized carbons (Fsp3) is 0.0714. The molecule has 0 unspecified atom stereocenters. The smallest absolute Gasteiger partial charge is 0.0716 e. The van der Waals surface area contributed by atoms with Crippen LogP contribution in [0.4, 0.5) is 0 Å². The molecule has 0 atom stereocenters. The van der Waals surface area contributed by atoms with Gasteiger partial charge < -0.3 is 0 Å². The van der Waals surface area contributed by atoms with Crippen LogP contribution in [0.2, 0.25) is 0 Å². The van der Waals surface area contributed by atoms with Crippen molar-refractivity contribution in [3.05, 3.63) is 52.9 Å². The Morgan fingerprint density at radius 1 is 0.941 bits per heavy atom. The van der Waals surface area contributed by atoms with Gasteiger partial charge in [0.05, 0.1) is 10.6 Å². The first-order valence-corrected chi connectivity index (χ1v) is 7.15. The van der Waals surface area contributed by atoms with Crippen LogP contribution in [0.15, 0.2) is 47.3 Å². The molecule has 0 saturated heterocycles. The van der Waals surface area contributed by atoms with Gasteiger partial charge in [0.1, 0.15) is 0 Å². The standard InChI is InChI=1S/C14H11NS2/c1-10-5-8-16-13(10)14-11(6-9-17-14)12-4-2-3-7-15-12/h2-9H,1H3. The largest absolute Gasteiger partial charge is 0.256 e. The number of hydrogen-bond donors (Lipinski definition) is 0. The van der Waals surface area contributed by atoms with Gasteiger partial charge in [-0.15, -0.1) is 22.7 Å². The van der Waals surface area contributed by atoms with E-state index in [1.54, 1.807) is 22.7 Å². The third-order valence-corrected chi connectivity index (χ3v) is 4.77. The third kappa shape index (κ3) is 1.92. The van der Waals surface area contributed by atoms with Gasteiger partial charge in [-0.1, -0.05) is 6.07 Å². The van der Waals surface area contributed by atoms with E-state index in [0.29, 0.717) is 0 Å². The zero-order valence-electron chi connectivity index (χ0n) is 9.38. The van der Waals surface area contributed by atoms with Gasteiger partial charge in [0, 0.05) is 16.6 Å². The maximum absolute atomic E-state index is 4.43. The molecule has 3 rings (SSSR count). The van der Waals surface area contributed by atoms with Gasteiger partial charge in [-0.3, -0.25) is 4.98 Å². The Hall–Kier alpha value is -1.45. The highest BCUT2D eigenvalue weighted by Crippen LogP contribution is 2.40. The zero-order valence-corrected chi connectivity index (χ0v) is 11.0. The molecule has 0 saturated carbocycles. The normalized spacial score (nSPS) is 10.6. The van der Waals surface area contributed by atoms with E-state index in [2.05, 4.69) is 40.9 Å². The van der Waals surface area contributed by atoms with Crippen LogP contribution >= 0.6 is 22.7 Å². The fourth-order valence-electron chi connectivity index (χ4n) is 1.81. The zero-order chi connectivity index (χ0) is 11.7. The van der Waals surface area contributed by atoms with Crippen LogP contribution in [-0.4, -0.2) is 4.98 Å². The highest BCUT2D eigenvalue weighted by Gasteiger charge is 2.12. The minimum Gasteiger partial charge on any atom is -0.256 e. The molecular weight excluding hydrogens is 246 g/mol. The van der Waals surface area contributed by atoms with Gasteiger partial charge in [0.25, 0.3) is 0 Å².